The van der Waals surface area contributed by atoms with E-state index in [4.69, 9.17) is 14.6 Å². The van der Waals surface area contributed by atoms with Gasteiger partial charge in [-0.3, -0.25) is 4.79 Å². The second-order valence-corrected chi connectivity index (χ2v) is 4.36. The standard InChI is InChI=1S/C14H14N2O.CH2O2/c1-10-5-2-3-6-11(9-10)14-16-13-12(17-14)7-4-8-15-13;2-1-3/h2-5,7-9,14H,6H2,1H3,(H,15,16);1H,(H,2,3). The number of pyridine rings is 1. The summed E-state index contributed by atoms with van der Waals surface area (Å²) in [6, 6.07) is 3.82. The van der Waals surface area contributed by atoms with E-state index in [-0.39, 0.29) is 12.7 Å². The molecule has 1 aliphatic heterocycles. The molecule has 0 bridgehead atoms. The van der Waals surface area contributed by atoms with Gasteiger partial charge in [-0.05, 0) is 31.1 Å². The van der Waals surface area contributed by atoms with Gasteiger partial charge in [0.05, 0.1) is 0 Å². The van der Waals surface area contributed by atoms with Gasteiger partial charge in [0.25, 0.3) is 6.47 Å². The lowest BCUT2D eigenvalue weighted by molar-refractivity contribution is -0.122. The number of anilines is 1. The highest BCUT2D eigenvalue weighted by atomic mass is 16.5. The molecule has 1 unspecified atom stereocenters. The van der Waals surface area contributed by atoms with Gasteiger partial charge in [0, 0.05) is 6.20 Å². The van der Waals surface area contributed by atoms with Gasteiger partial charge in [0.15, 0.2) is 17.8 Å². The minimum atomic E-state index is -0.250. The van der Waals surface area contributed by atoms with Gasteiger partial charge in [0.1, 0.15) is 0 Å². The van der Waals surface area contributed by atoms with Crippen molar-refractivity contribution in [1.82, 2.24) is 4.98 Å². The van der Waals surface area contributed by atoms with Crippen LogP contribution in [0.25, 0.3) is 0 Å². The number of carboxylic acid groups (broad SMARTS) is 1. The number of allylic oxidation sites excluding steroid dienone is 5. The second kappa shape index (κ2) is 6.56. The zero-order valence-electron chi connectivity index (χ0n) is 11.1. The predicted molar refractivity (Wildman–Crippen MR) is 76.6 cm³/mol. The summed E-state index contributed by atoms with van der Waals surface area (Å²) in [5.41, 5.74) is 2.47. The maximum Gasteiger partial charge on any atom is 0.290 e. The fourth-order valence-electron chi connectivity index (χ4n) is 2.05. The first-order valence-corrected chi connectivity index (χ1v) is 6.24. The maximum atomic E-state index is 8.36. The van der Waals surface area contributed by atoms with Crippen LogP contribution in [0.15, 0.2) is 53.8 Å². The highest BCUT2D eigenvalue weighted by molar-refractivity contribution is 5.56. The van der Waals surface area contributed by atoms with Crippen molar-refractivity contribution >= 4 is 12.3 Å². The molecule has 0 saturated heterocycles. The first kappa shape index (κ1) is 13.9. The Kier molecular flexibility index (Phi) is 4.55. The van der Waals surface area contributed by atoms with Crippen molar-refractivity contribution < 1.29 is 14.6 Å². The summed E-state index contributed by atoms with van der Waals surface area (Å²) in [7, 11) is 0. The van der Waals surface area contributed by atoms with Crippen LogP contribution < -0.4 is 10.1 Å². The molecule has 2 heterocycles. The number of aromatic nitrogens is 1. The highest BCUT2D eigenvalue weighted by Gasteiger charge is 2.25. The van der Waals surface area contributed by atoms with Crippen LogP contribution in [0.4, 0.5) is 5.82 Å². The minimum absolute atomic E-state index is 0.0917. The average molecular weight is 272 g/mol. The lowest BCUT2D eigenvalue weighted by Crippen LogP contribution is -2.22. The molecular formula is C15H16N2O3. The van der Waals surface area contributed by atoms with E-state index in [1.807, 2.05) is 12.1 Å². The molecule has 20 heavy (non-hydrogen) atoms. The molecule has 0 spiro atoms. The van der Waals surface area contributed by atoms with Crippen LogP contribution in [0.1, 0.15) is 13.3 Å². The quantitative estimate of drug-likeness (QED) is 0.769. The van der Waals surface area contributed by atoms with Gasteiger partial charge in [-0.15, -0.1) is 0 Å². The van der Waals surface area contributed by atoms with Gasteiger partial charge >= 0.3 is 0 Å². The molecule has 2 N–H and O–H groups in total. The van der Waals surface area contributed by atoms with E-state index < -0.39 is 0 Å². The van der Waals surface area contributed by atoms with E-state index >= 15 is 0 Å². The van der Waals surface area contributed by atoms with Crippen LogP contribution in [0.2, 0.25) is 0 Å². The summed E-state index contributed by atoms with van der Waals surface area (Å²) in [5, 5.41) is 10.2. The predicted octanol–water partition coefficient (Wildman–Crippen LogP) is 2.75. The topological polar surface area (TPSA) is 71.5 Å². The zero-order chi connectivity index (χ0) is 14.4. The molecule has 0 radical (unpaired) electrons. The van der Waals surface area contributed by atoms with Crippen molar-refractivity contribution in [2.24, 2.45) is 0 Å². The SMILES string of the molecule is CC1=CC=CCC(C2Nc3ncccc3O2)=C1.O=CO. The van der Waals surface area contributed by atoms with E-state index in [2.05, 4.69) is 41.5 Å². The van der Waals surface area contributed by atoms with Crippen molar-refractivity contribution in [1.29, 1.82) is 0 Å². The van der Waals surface area contributed by atoms with E-state index in [0.717, 1.165) is 18.0 Å². The fourth-order valence-corrected chi connectivity index (χ4v) is 2.05. The van der Waals surface area contributed by atoms with Crippen molar-refractivity contribution in [3.63, 3.8) is 0 Å². The molecule has 3 rings (SSSR count). The molecule has 1 aromatic heterocycles. The van der Waals surface area contributed by atoms with Crippen LogP contribution in [0, 0.1) is 0 Å². The molecule has 1 aromatic rings. The summed E-state index contributed by atoms with van der Waals surface area (Å²) < 4.78 is 5.85. The number of nitrogens with zero attached hydrogens (tertiary/aromatic N) is 1. The smallest absolute Gasteiger partial charge is 0.290 e. The Hall–Kier alpha value is -2.56. The molecule has 0 aromatic carbocycles. The summed E-state index contributed by atoms with van der Waals surface area (Å²) in [4.78, 5) is 12.6. The zero-order valence-corrected chi connectivity index (χ0v) is 11.1. The molecule has 0 amide bonds. The largest absolute Gasteiger partial charge is 0.483 e. The number of hydrogen-bond acceptors (Lipinski definition) is 4. The van der Waals surface area contributed by atoms with Gasteiger partial charge in [-0.1, -0.05) is 29.9 Å². The lowest BCUT2D eigenvalue weighted by Gasteiger charge is -2.14. The normalized spacial score (nSPS) is 19.1. The monoisotopic (exact) mass is 272 g/mol. The molecule has 2 aliphatic rings. The van der Waals surface area contributed by atoms with Gasteiger partial charge < -0.3 is 15.2 Å². The summed E-state index contributed by atoms with van der Waals surface area (Å²) in [6.45, 7) is 1.84. The van der Waals surface area contributed by atoms with Crippen LogP contribution in [-0.2, 0) is 4.79 Å². The molecule has 1 atom stereocenters. The Morgan fingerprint density at radius 1 is 1.55 bits per heavy atom. The summed E-state index contributed by atoms with van der Waals surface area (Å²) in [5.74, 6) is 1.65. The van der Waals surface area contributed by atoms with E-state index in [0.29, 0.717) is 0 Å². The van der Waals surface area contributed by atoms with E-state index in [1.54, 1.807) is 6.20 Å². The Labute approximate surface area is 117 Å². The highest BCUT2D eigenvalue weighted by Crippen LogP contribution is 2.32. The molecule has 0 fully saturated rings. The Morgan fingerprint density at radius 2 is 2.35 bits per heavy atom. The first-order valence-electron chi connectivity index (χ1n) is 6.24. The van der Waals surface area contributed by atoms with Crippen molar-refractivity contribution in [2.45, 2.75) is 19.6 Å². The van der Waals surface area contributed by atoms with Gasteiger partial charge in [0.2, 0.25) is 0 Å². The molecule has 5 nitrogen and oxygen atoms in total. The summed E-state index contributed by atoms with van der Waals surface area (Å²) in [6.07, 6.45) is 11.1. The second-order valence-electron chi connectivity index (χ2n) is 4.36. The molecular weight excluding hydrogens is 256 g/mol. The minimum Gasteiger partial charge on any atom is -0.483 e. The fraction of sp³-hybridized carbons (Fsp3) is 0.200. The van der Waals surface area contributed by atoms with Crippen molar-refractivity contribution in [3.05, 3.63) is 53.8 Å². The van der Waals surface area contributed by atoms with Crippen molar-refractivity contribution in [2.75, 3.05) is 5.32 Å². The van der Waals surface area contributed by atoms with Gasteiger partial charge in [-0.25, -0.2) is 4.98 Å². The lowest BCUT2D eigenvalue weighted by atomic mass is 10.1. The Morgan fingerprint density at radius 3 is 3.10 bits per heavy atom. The third-order valence-corrected chi connectivity index (χ3v) is 2.88. The van der Waals surface area contributed by atoms with Crippen LogP contribution in [0.3, 0.4) is 0 Å². The number of carbonyl (C=O) groups is 1. The molecule has 5 heteroatoms. The van der Waals surface area contributed by atoms with E-state index in [9.17, 15) is 0 Å². The Bertz CT molecular complexity index is 551. The molecule has 1 aliphatic carbocycles. The van der Waals surface area contributed by atoms with Crippen LogP contribution in [0.5, 0.6) is 5.75 Å². The third kappa shape index (κ3) is 3.26. The number of fused-ring (bicyclic) bond motifs is 1. The number of nitrogens with one attached hydrogen (secondary N) is 1. The third-order valence-electron chi connectivity index (χ3n) is 2.88. The average Bonchev–Trinajstić information content (AvgIpc) is 2.75. The van der Waals surface area contributed by atoms with Gasteiger partial charge in [-0.2, -0.15) is 0 Å². The summed E-state index contributed by atoms with van der Waals surface area (Å²) >= 11 is 0. The Balaban J connectivity index is 0.000000452. The molecule has 104 valence electrons. The van der Waals surface area contributed by atoms with Crippen LogP contribution in [-0.4, -0.2) is 22.8 Å². The molecule has 0 saturated carbocycles. The maximum absolute atomic E-state index is 8.36. The first-order chi connectivity index (χ1) is 9.74. The number of rotatable bonds is 1. The number of ether oxygens (including phenoxy) is 1. The van der Waals surface area contributed by atoms with Crippen LogP contribution >= 0.6 is 0 Å². The van der Waals surface area contributed by atoms with E-state index in [1.165, 1.54) is 11.1 Å². The van der Waals surface area contributed by atoms with Crippen molar-refractivity contribution in [3.8, 4) is 5.75 Å². The number of hydrogen-bond donors (Lipinski definition) is 2.